The first-order valence-electron chi connectivity index (χ1n) is 9.07. The Balaban J connectivity index is 1.46. The molecule has 2 atom stereocenters. The summed E-state index contributed by atoms with van der Waals surface area (Å²) >= 11 is 6.32. The Morgan fingerprint density at radius 2 is 1.64 bits per heavy atom. The van der Waals surface area contributed by atoms with Gasteiger partial charge in [0.1, 0.15) is 5.38 Å². The summed E-state index contributed by atoms with van der Waals surface area (Å²) in [7, 11) is 0. The lowest BCUT2D eigenvalue weighted by Gasteiger charge is -2.44. The van der Waals surface area contributed by atoms with Crippen LogP contribution in [0.2, 0.25) is 0 Å². The Bertz CT molecular complexity index is 1160. The minimum absolute atomic E-state index is 0.0729. The van der Waals surface area contributed by atoms with Gasteiger partial charge in [0, 0.05) is 22.8 Å². The minimum Gasteiger partial charge on any atom is -0.302 e. The number of hydrogen-bond acceptors (Lipinski definition) is 3. The van der Waals surface area contributed by atoms with E-state index in [1.165, 1.54) is 0 Å². The van der Waals surface area contributed by atoms with Crippen molar-refractivity contribution in [3.8, 4) is 11.3 Å². The molecular weight excluding hydrogens is 370 g/mol. The van der Waals surface area contributed by atoms with Crippen LogP contribution in [0.15, 0.2) is 85.1 Å². The van der Waals surface area contributed by atoms with Crippen molar-refractivity contribution in [2.24, 2.45) is 0 Å². The highest BCUT2D eigenvalue weighted by Crippen LogP contribution is 2.42. The predicted octanol–water partition coefficient (Wildman–Crippen LogP) is 4.99. The fourth-order valence-electron chi connectivity index (χ4n) is 3.62. The third-order valence-electron chi connectivity index (χ3n) is 5.08. The van der Waals surface area contributed by atoms with Gasteiger partial charge in [0.05, 0.1) is 11.7 Å². The molecule has 4 aromatic rings. The van der Waals surface area contributed by atoms with Gasteiger partial charge in [0.25, 0.3) is 0 Å². The molecule has 4 nitrogen and oxygen atoms in total. The Kier molecular flexibility index (Phi) is 4.06. The van der Waals surface area contributed by atoms with E-state index >= 15 is 0 Å². The highest BCUT2D eigenvalue weighted by atomic mass is 35.5. The van der Waals surface area contributed by atoms with E-state index in [0.29, 0.717) is 0 Å². The van der Waals surface area contributed by atoms with E-state index in [4.69, 9.17) is 11.6 Å². The molecule has 2 aromatic heterocycles. The second kappa shape index (κ2) is 6.73. The number of carbonyl (C=O) groups is 1. The van der Waals surface area contributed by atoms with Gasteiger partial charge in [-0.15, -0.1) is 11.6 Å². The van der Waals surface area contributed by atoms with Gasteiger partial charge in [0.15, 0.2) is 5.65 Å². The van der Waals surface area contributed by atoms with Crippen LogP contribution in [-0.2, 0) is 4.79 Å². The van der Waals surface area contributed by atoms with Crippen LogP contribution >= 0.6 is 11.6 Å². The lowest BCUT2D eigenvalue weighted by Crippen LogP contribution is -2.56. The number of halogens is 1. The fraction of sp³-hybridized carbons (Fsp3) is 0.0870. The van der Waals surface area contributed by atoms with Crippen LogP contribution in [0.1, 0.15) is 11.6 Å². The van der Waals surface area contributed by atoms with Gasteiger partial charge >= 0.3 is 0 Å². The molecule has 0 spiro atoms. The van der Waals surface area contributed by atoms with Crippen molar-refractivity contribution in [1.29, 1.82) is 0 Å². The molecule has 0 saturated carbocycles. The zero-order chi connectivity index (χ0) is 19.1. The molecule has 5 heteroatoms. The molecule has 0 bridgehead atoms. The quantitative estimate of drug-likeness (QED) is 0.368. The van der Waals surface area contributed by atoms with E-state index < -0.39 is 5.38 Å². The number of hydrogen-bond donors (Lipinski definition) is 0. The Labute approximate surface area is 167 Å². The van der Waals surface area contributed by atoms with E-state index in [1.807, 2.05) is 78.9 Å². The number of carbonyl (C=O) groups excluding carboxylic acids is 1. The van der Waals surface area contributed by atoms with Crippen molar-refractivity contribution in [2.45, 2.75) is 11.4 Å². The lowest BCUT2D eigenvalue weighted by molar-refractivity contribution is -0.123. The molecule has 0 radical (unpaired) electrons. The van der Waals surface area contributed by atoms with Crippen LogP contribution in [0, 0.1) is 0 Å². The van der Waals surface area contributed by atoms with Gasteiger partial charge < -0.3 is 4.90 Å². The number of alkyl halides is 1. The zero-order valence-electron chi connectivity index (χ0n) is 14.9. The molecule has 3 heterocycles. The second-order valence-corrected chi connectivity index (χ2v) is 7.23. The van der Waals surface area contributed by atoms with Crippen LogP contribution in [0.4, 0.5) is 5.69 Å². The van der Waals surface area contributed by atoms with Crippen molar-refractivity contribution in [3.63, 3.8) is 0 Å². The second-order valence-electron chi connectivity index (χ2n) is 6.76. The van der Waals surface area contributed by atoms with Gasteiger partial charge in [-0.1, -0.05) is 42.5 Å². The Hall–Kier alpha value is -3.24. The average Bonchev–Trinajstić information content (AvgIpc) is 2.77. The number of amides is 1. The number of aromatic nitrogens is 2. The number of fused-ring (bicyclic) bond motifs is 1. The van der Waals surface area contributed by atoms with Crippen LogP contribution in [0.3, 0.4) is 0 Å². The summed E-state index contributed by atoms with van der Waals surface area (Å²) < 4.78 is 0. The van der Waals surface area contributed by atoms with E-state index in [9.17, 15) is 4.79 Å². The maximum atomic E-state index is 12.4. The van der Waals surface area contributed by atoms with E-state index in [1.54, 1.807) is 11.1 Å². The molecular formula is C23H16ClN3O. The molecule has 5 rings (SSSR count). The van der Waals surface area contributed by atoms with Gasteiger partial charge in [-0.2, -0.15) is 0 Å². The fourth-order valence-corrected chi connectivity index (χ4v) is 3.98. The van der Waals surface area contributed by atoms with E-state index in [-0.39, 0.29) is 11.9 Å². The zero-order valence-corrected chi connectivity index (χ0v) is 15.6. The van der Waals surface area contributed by atoms with Crippen LogP contribution < -0.4 is 4.90 Å². The molecule has 1 saturated heterocycles. The summed E-state index contributed by atoms with van der Waals surface area (Å²) in [5, 5.41) is 0.475. The van der Waals surface area contributed by atoms with Crippen LogP contribution in [0.25, 0.3) is 22.3 Å². The van der Waals surface area contributed by atoms with Gasteiger partial charge in [-0.05, 0) is 42.0 Å². The maximum absolute atomic E-state index is 12.4. The average molecular weight is 386 g/mol. The number of benzene rings is 2. The van der Waals surface area contributed by atoms with E-state index in [0.717, 1.165) is 33.5 Å². The number of anilines is 1. The maximum Gasteiger partial charge on any atom is 0.248 e. The lowest BCUT2D eigenvalue weighted by atomic mass is 9.92. The van der Waals surface area contributed by atoms with Crippen molar-refractivity contribution in [1.82, 2.24) is 9.97 Å². The molecule has 0 N–H and O–H groups in total. The van der Waals surface area contributed by atoms with Crippen molar-refractivity contribution in [2.75, 3.05) is 4.90 Å². The number of rotatable bonds is 3. The first-order chi connectivity index (χ1) is 13.7. The van der Waals surface area contributed by atoms with Gasteiger partial charge in [0.2, 0.25) is 5.91 Å². The van der Waals surface area contributed by atoms with Crippen molar-refractivity contribution >= 4 is 34.2 Å². The molecule has 28 heavy (non-hydrogen) atoms. The number of β-lactam (4-membered cyclic amide) rings is 1. The summed E-state index contributed by atoms with van der Waals surface area (Å²) in [5.41, 5.74) is 4.41. The van der Waals surface area contributed by atoms with Crippen LogP contribution in [-0.4, -0.2) is 21.3 Å². The van der Waals surface area contributed by atoms with Gasteiger partial charge in [-0.25, -0.2) is 9.97 Å². The monoisotopic (exact) mass is 385 g/mol. The number of nitrogens with zero attached hydrogens (tertiary/aromatic N) is 3. The van der Waals surface area contributed by atoms with Gasteiger partial charge in [-0.3, -0.25) is 4.79 Å². The molecule has 0 aliphatic carbocycles. The normalized spacial score (nSPS) is 18.9. The molecule has 1 amide bonds. The largest absolute Gasteiger partial charge is 0.302 e. The predicted molar refractivity (Wildman–Crippen MR) is 111 cm³/mol. The Morgan fingerprint density at radius 3 is 2.43 bits per heavy atom. The number of pyridine rings is 2. The SMILES string of the molecule is O=C1C(Cl)C(c2ccccc2)N1c1ccc(-c2ccc3cccnc3n2)cc1. The molecule has 2 unspecified atom stereocenters. The molecule has 2 aromatic carbocycles. The topological polar surface area (TPSA) is 46.1 Å². The summed E-state index contributed by atoms with van der Waals surface area (Å²) in [5.74, 6) is -0.0729. The summed E-state index contributed by atoms with van der Waals surface area (Å²) in [4.78, 5) is 23.1. The van der Waals surface area contributed by atoms with Crippen molar-refractivity contribution in [3.05, 3.63) is 90.6 Å². The third-order valence-corrected chi connectivity index (χ3v) is 5.50. The minimum atomic E-state index is -0.532. The molecule has 1 fully saturated rings. The van der Waals surface area contributed by atoms with E-state index in [2.05, 4.69) is 9.97 Å². The molecule has 1 aliphatic heterocycles. The first kappa shape index (κ1) is 16.9. The summed E-state index contributed by atoms with van der Waals surface area (Å²) in [6, 6.07) is 25.4. The molecule has 136 valence electrons. The third kappa shape index (κ3) is 2.74. The highest BCUT2D eigenvalue weighted by molar-refractivity contribution is 6.37. The standard InChI is InChI=1S/C23H16ClN3O/c24-20-21(16-5-2-1-3-6-16)27(23(20)28)18-11-8-15(9-12-18)19-13-10-17-7-4-14-25-22(17)26-19/h1-14,20-21H. The van der Waals surface area contributed by atoms with Crippen molar-refractivity contribution < 1.29 is 4.79 Å². The summed E-state index contributed by atoms with van der Waals surface area (Å²) in [6.45, 7) is 0. The smallest absolute Gasteiger partial charge is 0.248 e. The molecule has 1 aliphatic rings. The Morgan fingerprint density at radius 1 is 0.857 bits per heavy atom. The van der Waals surface area contributed by atoms with Crippen LogP contribution in [0.5, 0.6) is 0 Å². The summed E-state index contributed by atoms with van der Waals surface area (Å²) in [6.07, 6.45) is 1.74. The first-order valence-corrected chi connectivity index (χ1v) is 9.50. The highest BCUT2D eigenvalue weighted by Gasteiger charge is 2.47.